The second kappa shape index (κ2) is 7.89. The third kappa shape index (κ3) is 3.73. The van der Waals surface area contributed by atoms with Gasteiger partial charge in [-0.15, -0.1) is 16.7 Å². The van der Waals surface area contributed by atoms with Crippen LogP contribution in [0.1, 0.15) is 26.2 Å². The van der Waals surface area contributed by atoms with Crippen molar-refractivity contribution in [2.45, 2.75) is 32.7 Å². The molecule has 8 nitrogen and oxygen atoms in total. The molecule has 0 aliphatic carbocycles. The third-order valence-electron chi connectivity index (χ3n) is 3.33. The maximum atomic E-state index is 12.3. The lowest BCUT2D eigenvalue weighted by Crippen LogP contribution is -2.38. The molecule has 0 spiro atoms. The number of aromatic nitrogens is 4. The van der Waals surface area contributed by atoms with E-state index in [-0.39, 0.29) is 17.6 Å². The smallest absolute Gasteiger partial charge is 0.276 e. The van der Waals surface area contributed by atoms with Gasteiger partial charge in [0.15, 0.2) is 5.65 Å². The van der Waals surface area contributed by atoms with Gasteiger partial charge in [-0.05, 0) is 12.8 Å². The van der Waals surface area contributed by atoms with Crippen LogP contribution in [-0.2, 0) is 29.0 Å². The molecule has 0 amide bonds. The van der Waals surface area contributed by atoms with E-state index in [0.717, 1.165) is 21.5 Å². The lowest BCUT2D eigenvalue weighted by molar-refractivity contribution is 0.342. The average Bonchev–Trinajstić information content (AvgIpc) is 2.98. The number of halogens is 1. The predicted octanol–water partition coefficient (Wildman–Crippen LogP) is 0.769. The highest BCUT2D eigenvalue weighted by Crippen LogP contribution is 2.08. The molecule has 2 aromatic rings. The van der Waals surface area contributed by atoms with Gasteiger partial charge in [-0.3, -0.25) is 18.1 Å². The Morgan fingerprint density at radius 2 is 2.09 bits per heavy atom. The highest BCUT2D eigenvalue weighted by Gasteiger charge is 2.17. The van der Waals surface area contributed by atoms with Gasteiger partial charge in [-0.2, -0.15) is 4.09 Å². The molecular weight excluding hydrogens is 344 g/mol. The van der Waals surface area contributed by atoms with Gasteiger partial charge in [-0.1, -0.05) is 13.3 Å². The zero-order valence-electron chi connectivity index (χ0n) is 13.0. The van der Waals surface area contributed by atoms with Crippen LogP contribution < -0.4 is 11.2 Å². The van der Waals surface area contributed by atoms with Crippen molar-refractivity contribution >= 4 is 33.9 Å². The molecule has 0 aromatic carbocycles. The van der Waals surface area contributed by atoms with Crippen LogP contribution in [-0.4, -0.2) is 35.0 Å². The van der Waals surface area contributed by atoms with Crippen molar-refractivity contribution in [2.75, 3.05) is 12.5 Å². The maximum Gasteiger partial charge on any atom is 0.332 e. The van der Waals surface area contributed by atoms with E-state index in [1.165, 1.54) is 17.8 Å². The summed E-state index contributed by atoms with van der Waals surface area (Å²) in [4.78, 5) is 24.5. The van der Waals surface area contributed by atoms with Crippen LogP contribution in [0.15, 0.2) is 15.8 Å². The number of alkyl halides is 1. The average molecular weight is 363 g/mol. The van der Waals surface area contributed by atoms with Gasteiger partial charge < -0.3 is 0 Å². The first-order chi connectivity index (χ1) is 11.0. The Morgan fingerprint density at radius 3 is 2.74 bits per heavy atom. The minimum absolute atomic E-state index is 0.215. The van der Waals surface area contributed by atoms with Crippen molar-refractivity contribution in [1.29, 1.82) is 0 Å². The maximum absolute atomic E-state index is 12.3. The summed E-state index contributed by atoms with van der Waals surface area (Å²) in [6.07, 6.45) is 3.56. The highest BCUT2D eigenvalue weighted by molar-refractivity contribution is 7.78. The molecular formula is C13H19ClN4O4S. The van der Waals surface area contributed by atoms with Crippen LogP contribution >= 0.6 is 11.6 Å². The van der Waals surface area contributed by atoms with E-state index in [4.69, 9.17) is 15.8 Å². The van der Waals surface area contributed by atoms with Crippen molar-refractivity contribution in [3.63, 3.8) is 0 Å². The zero-order valence-corrected chi connectivity index (χ0v) is 14.6. The quantitative estimate of drug-likeness (QED) is 0.511. The summed E-state index contributed by atoms with van der Waals surface area (Å²) in [5, 5.41) is 4.35. The van der Waals surface area contributed by atoms with Gasteiger partial charge in [0.1, 0.15) is 5.39 Å². The van der Waals surface area contributed by atoms with Crippen LogP contribution in [0.25, 0.3) is 11.0 Å². The van der Waals surface area contributed by atoms with Crippen LogP contribution in [0.5, 0.6) is 0 Å². The van der Waals surface area contributed by atoms with E-state index < -0.39 is 22.5 Å². The summed E-state index contributed by atoms with van der Waals surface area (Å²) in [6.45, 7) is 2.66. The van der Waals surface area contributed by atoms with Gasteiger partial charge in [0, 0.05) is 19.5 Å². The molecule has 0 bridgehead atoms. The van der Waals surface area contributed by atoms with Crippen molar-refractivity contribution < 1.29 is 8.39 Å². The highest BCUT2D eigenvalue weighted by atomic mass is 35.5. The molecule has 0 aliphatic rings. The molecule has 23 heavy (non-hydrogen) atoms. The van der Waals surface area contributed by atoms with E-state index >= 15 is 0 Å². The Bertz CT molecular complexity index is 826. The van der Waals surface area contributed by atoms with Crippen molar-refractivity contribution in [1.82, 2.24) is 18.3 Å². The summed E-state index contributed by atoms with van der Waals surface area (Å²) < 4.78 is 20.7. The lowest BCUT2D eigenvalue weighted by atomic mass is 10.3. The molecule has 0 radical (unpaired) electrons. The monoisotopic (exact) mass is 362 g/mol. The number of unbranched alkanes of at least 4 members (excludes halogenated alkanes) is 1. The largest absolute Gasteiger partial charge is 0.332 e. The second-order valence-corrected chi connectivity index (χ2v) is 6.42. The van der Waals surface area contributed by atoms with E-state index in [0.29, 0.717) is 18.8 Å². The first-order valence-electron chi connectivity index (χ1n) is 7.32. The first-order valence-corrected chi connectivity index (χ1v) is 8.88. The van der Waals surface area contributed by atoms with Crippen molar-refractivity contribution in [3.05, 3.63) is 27.0 Å². The first kappa shape index (κ1) is 17.9. The summed E-state index contributed by atoms with van der Waals surface area (Å²) in [7, 11) is 1.41. The predicted molar refractivity (Wildman–Crippen MR) is 89.0 cm³/mol. The molecule has 2 aromatic heterocycles. The zero-order chi connectivity index (χ0) is 17.0. The molecule has 2 heterocycles. The Hall–Kier alpha value is -1.45. The van der Waals surface area contributed by atoms with E-state index in [2.05, 4.69) is 5.10 Å². The molecule has 0 fully saturated rings. The van der Waals surface area contributed by atoms with E-state index in [1.54, 1.807) is 0 Å². The fourth-order valence-electron chi connectivity index (χ4n) is 2.07. The van der Waals surface area contributed by atoms with Crippen LogP contribution in [0.3, 0.4) is 0 Å². The number of nitrogens with zero attached hydrogens (tertiary/aromatic N) is 4. The Kier molecular flexibility index (Phi) is 6.14. The minimum Gasteiger partial charge on any atom is -0.276 e. The fraction of sp³-hybridized carbons (Fsp3) is 0.615. The van der Waals surface area contributed by atoms with E-state index in [1.807, 2.05) is 6.92 Å². The molecule has 0 aliphatic heterocycles. The lowest BCUT2D eigenvalue weighted by Gasteiger charge is -2.07. The number of hydrogen-bond donors (Lipinski definition) is 0. The second-order valence-electron chi connectivity index (χ2n) is 5.00. The standard InChI is InChI=1S/C13H19ClN4O4S/c1-3-4-7-17-11-10(12(19)16(2)13(17)20)9-18(15-11)23(21)22-8-5-6-14/h9H,3-8H2,1-2H3. The Morgan fingerprint density at radius 1 is 1.35 bits per heavy atom. The van der Waals surface area contributed by atoms with Crippen LogP contribution in [0, 0.1) is 0 Å². The third-order valence-corrected chi connectivity index (χ3v) is 4.46. The summed E-state index contributed by atoms with van der Waals surface area (Å²) in [6, 6.07) is 0. The van der Waals surface area contributed by atoms with E-state index in [9.17, 15) is 13.8 Å². The number of rotatable bonds is 8. The summed E-state index contributed by atoms with van der Waals surface area (Å²) >= 11 is 3.67. The fourth-order valence-corrected chi connectivity index (χ4v) is 2.88. The topological polar surface area (TPSA) is 88.1 Å². The Balaban J connectivity index is 2.48. The van der Waals surface area contributed by atoms with Crippen molar-refractivity contribution in [2.24, 2.45) is 7.05 Å². The van der Waals surface area contributed by atoms with Gasteiger partial charge in [0.2, 0.25) is 0 Å². The molecule has 10 heteroatoms. The van der Waals surface area contributed by atoms with Gasteiger partial charge >= 0.3 is 5.69 Å². The normalized spacial score (nSPS) is 12.8. The summed E-state index contributed by atoms with van der Waals surface area (Å²) in [5.74, 6) is 0.398. The SMILES string of the molecule is CCCCn1c(=O)n(C)c(=O)c2cn(S(=O)OCCCCl)nc21. The van der Waals surface area contributed by atoms with Crippen LogP contribution in [0.4, 0.5) is 0 Å². The minimum atomic E-state index is -1.87. The number of fused-ring (bicyclic) bond motifs is 1. The molecule has 1 unspecified atom stereocenters. The van der Waals surface area contributed by atoms with Gasteiger partial charge in [-0.25, -0.2) is 9.00 Å². The van der Waals surface area contributed by atoms with Crippen LogP contribution in [0.2, 0.25) is 0 Å². The molecule has 0 N–H and O–H groups in total. The number of hydrogen-bond acceptors (Lipinski definition) is 5. The summed E-state index contributed by atoms with van der Waals surface area (Å²) in [5.41, 5.74) is -0.683. The molecule has 0 saturated heterocycles. The molecule has 1 atom stereocenters. The van der Waals surface area contributed by atoms with Gasteiger partial charge in [0.05, 0.1) is 12.8 Å². The molecule has 0 saturated carbocycles. The van der Waals surface area contributed by atoms with Crippen molar-refractivity contribution in [3.8, 4) is 0 Å². The Labute approximate surface area is 140 Å². The molecule has 2 rings (SSSR count). The number of aryl methyl sites for hydroxylation is 1. The van der Waals surface area contributed by atoms with Gasteiger partial charge in [0.25, 0.3) is 16.8 Å². The molecule has 128 valence electrons.